The highest BCUT2D eigenvalue weighted by molar-refractivity contribution is 5.94. The summed E-state index contributed by atoms with van der Waals surface area (Å²) in [4.78, 5) is 143. The van der Waals surface area contributed by atoms with Crippen LogP contribution in [0.5, 0.6) is 0 Å². The number of amides is 10. The molecule has 0 bridgehead atoms. The van der Waals surface area contributed by atoms with E-state index in [9.17, 15) is 79.2 Å². The molecule has 0 spiro atoms. The number of aliphatic hydroxyl groups excluding tert-OH is 8. The van der Waals surface area contributed by atoms with Crippen molar-refractivity contribution in [1.29, 1.82) is 0 Å². The summed E-state index contributed by atoms with van der Waals surface area (Å²) in [5.74, 6) is -4.00. The first-order chi connectivity index (χ1) is 64.8. The second kappa shape index (κ2) is 56.2. The molecule has 0 aliphatic heterocycles. The van der Waals surface area contributed by atoms with Gasteiger partial charge in [0.15, 0.2) is 0 Å². The quantitative estimate of drug-likeness (QED) is 0.0384. The second-order valence-electron chi connectivity index (χ2n) is 43.6. The van der Waals surface area contributed by atoms with Gasteiger partial charge in [-0.3, -0.25) is 47.9 Å². The van der Waals surface area contributed by atoms with Gasteiger partial charge < -0.3 is 139 Å². The molecule has 10 amide bonds. The van der Waals surface area contributed by atoms with E-state index in [1.54, 1.807) is 0 Å². The highest BCUT2D eigenvalue weighted by Crippen LogP contribution is 2.70. The van der Waals surface area contributed by atoms with E-state index in [4.69, 9.17) is 45.9 Å². The zero-order chi connectivity index (χ0) is 99.8. The summed E-state index contributed by atoms with van der Waals surface area (Å²) in [6.07, 6.45) is 17.8. The summed E-state index contributed by atoms with van der Waals surface area (Å²) in [5, 5.41) is 115. The summed E-state index contributed by atoms with van der Waals surface area (Å²) in [6, 6.07) is -9.00. The van der Waals surface area contributed by atoms with E-state index >= 15 is 9.59 Å². The molecule has 30 atom stereocenters. The van der Waals surface area contributed by atoms with Crippen molar-refractivity contribution in [2.75, 3.05) is 91.8 Å². The van der Waals surface area contributed by atoms with Crippen LogP contribution >= 0.6 is 0 Å². The van der Waals surface area contributed by atoms with Crippen LogP contribution in [0.15, 0.2) is 0 Å². The van der Waals surface area contributed by atoms with Crippen LogP contribution in [0.2, 0.25) is 0 Å². The van der Waals surface area contributed by atoms with E-state index in [1.807, 2.05) is 0 Å². The number of nitrogens with one attached hydrogen (secondary N) is 8. The van der Waals surface area contributed by atoms with E-state index in [0.717, 1.165) is 64.2 Å². The summed E-state index contributed by atoms with van der Waals surface area (Å²) in [6.45, 7) is 14.0. The lowest BCUT2D eigenvalue weighted by atomic mass is 9.43. The van der Waals surface area contributed by atoms with Gasteiger partial charge in [0.05, 0.1) is 74.0 Å². The molecule has 0 radical (unpaired) electrons. The molecule has 8 fully saturated rings. The molecule has 36 nitrogen and oxygen atoms in total. The molecule has 0 saturated heterocycles. The van der Waals surface area contributed by atoms with E-state index < -0.39 is 132 Å². The highest BCUT2D eigenvalue weighted by Gasteiger charge is 2.68. The normalized spacial score (nSPS) is 31.0. The average Bonchev–Trinajstić information content (AvgIpc) is 1.46. The Bertz CT molecular complexity index is 3490. The number of fused-ring (bicyclic) bond motifs is 10. The van der Waals surface area contributed by atoms with Crippen LogP contribution in [0.3, 0.4) is 0 Å². The molecule has 8 rings (SSSR count). The number of carbonyl (C=O) groups excluding carboxylic acids is 10. The molecular formula is C100H184N18O18. The van der Waals surface area contributed by atoms with E-state index in [-0.39, 0.29) is 234 Å². The van der Waals surface area contributed by atoms with Crippen molar-refractivity contribution >= 4 is 59.1 Å². The highest BCUT2D eigenvalue weighted by atomic mass is 16.3. The third kappa shape index (κ3) is 30.8. The number of aliphatic hydroxyl groups is 8. The lowest BCUT2D eigenvalue weighted by Gasteiger charge is -2.63. The van der Waals surface area contributed by atoms with Crippen LogP contribution in [0.25, 0.3) is 0 Å². The number of rotatable bonds is 61. The third-order valence-electron chi connectivity index (χ3n) is 34.8. The van der Waals surface area contributed by atoms with Gasteiger partial charge in [0, 0.05) is 65.2 Å². The van der Waals surface area contributed by atoms with Gasteiger partial charge in [-0.1, -0.05) is 54.4 Å². The Morgan fingerprint density at radius 3 is 1.01 bits per heavy atom. The Morgan fingerprint density at radius 2 is 0.662 bits per heavy atom. The predicted molar refractivity (Wildman–Crippen MR) is 522 cm³/mol. The smallest absolute Gasteiger partial charge is 0.247 e. The minimum Gasteiger partial charge on any atom is -0.394 e. The van der Waals surface area contributed by atoms with Crippen molar-refractivity contribution in [3.8, 4) is 0 Å². The molecule has 0 aromatic rings. The molecule has 782 valence electrons. The van der Waals surface area contributed by atoms with E-state index in [1.165, 1.54) is 9.80 Å². The largest absolute Gasteiger partial charge is 0.394 e. The van der Waals surface area contributed by atoms with Crippen molar-refractivity contribution in [2.24, 2.45) is 139 Å². The lowest BCUT2D eigenvalue weighted by Crippen LogP contribution is -2.62. The number of nitrogens with two attached hydrogens (primary N) is 8. The van der Waals surface area contributed by atoms with E-state index in [2.05, 4.69) is 84.1 Å². The molecule has 36 heteroatoms. The Morgan fingerprint density at radius 1 is 0.346 bits per heavy atom. The summed E-state index contributed by atoms with van der Waals surface area (Å²) >= 11 is 0. The number of nitrogens with zero attached hydrogens (tertiary/aromatic N) is 2. The zero-order valence-corrected chi connectivity index (χ0v) is 83.4. The minimum absolute atomic E-state index is 0.00649. The molecule has 136 heavy (non-hydrogen) atoms. The first-order valence-electron chi connectivity index (χ1n) is 52.8. The van der Waals surface area contributed by atoms with Crippen LogP contribution < -0.4 is 88.4 Å². The van der Waals surface area contributed by atoms with Crippen LogP contribution in [0, 0.1) is 92.7 Å². The molecule has 8 saturated carbocycles. The van der Waals surface area contributed by atoms with E-state index in [0.29, 0.717) is 155 Å². The molecule has 0 heterocycles. The standard InChI is InChI=1S/C100H184N18O18/c1-61(67-31-33-69-87-71(57-83(125)99(67,69)5)97(3)39-37-65(121)53-63(97)55-81(87)123)29-35-85(127)109-47-21-51-117(95(135)79(59-119)115-93(133)77(27-9-15-43-103)113-91(131)75(107)25-11-17-45-111-89(129)73(105)23-7-13-41-101)49-19-20-50-118(96(136)80(60-120)116-94(134)78(28-10-16-44-104)114-92(132)76(108)26-12-18-46-112-90(130)74(106)24-8-14-42-102)52-22-48-110-86(128)36-30-62(2)68-32-34-70-88-72(58-84(126)100(68,70)6)98(4)40-38-66(122)54-64(98)56-82(88)124/h61-84,87-88,119-126H,7-60,101-108H2,1-6H3,(H,109,127)(H,110,128)(H,111,129)(H,112,130)(H,113,131)(H,114,132)(H,115,133)(H,116,134)/t61-,62-,63?,64?,65-,66-,67-,68-,69+,70+,71+,72+,73+,74+,75+,76+,77+,78+,79+,80+,81-,82-,83+,84+,87+,88+,97+,98+,99-,100-/m1/s1. The zero-order valence-electron chi connectivity index (χ0n) is 83.4. The Labute approximate surface area is 809 Å². The summed E-state index contributed by atoms with van der Waals surface area (Å²) in [7, 11) is 0. The van der Waals surface area contributed by atoms with Gasteiger partial charge in [0.1, 0.15) is 24.2 Å². The van der Waals surface area contributed by atoms with Crippen LogP contribution in [-0.4, -0.2) is 286 Å². The first-order valence-corrected chi connectivity index (χ1v) is 52.8. The minimum atomic E-state index is -1.55. The average molecular weight is 1930 g/mol. The van der Waals surface area contributed by atoms with Crippen molar-refractivity contribution in [1.82, 2.24) is 52.3 Å². The second-order valence-corrected chi connectivity index (χ2v) is 43.6. The van der Waals surface area contributed by atoms with Gasteiger partial charge in [0.2, 0.25) is 59.1 Å². The third-order valence-corrected chi connectivity index (χ3v) is 34.8. The molecular weight excluding hydrogens is 1740 g/mol. The molecule has 0 aromatic heterocycles. The van der Waals surface area contributed by atoms with Gasteiger partial charge in [-0.25, -0.2) is 0 Å². The fourth-order valence-corrected chi connectivity index (χ4v) is 26.5. The fraction of sp³-hybridized carbons (Fsp3) is 0.900. The van der Waals surface area contributed by atoms with Gasteiger partial charge in [0.25, 0.3) is 0 Å². The monoisotopic (exact) mass is 1930 g/mol. The molecule has 2 unspecified atom stereocenters. The maximum Gasteiger partial charge on any atom is 0.247 e. The Kier molecular flexibility index (Phi) is 47.7. The molecule has 8 aliphatic rings. The van der Waals surface area contributed by atoms with Crippen molar-refractivity contribution in [3.63, 3.8) is 0 Å². The summed E-state index contributed by atoms with van der Waals surface area (Å²) in [5.41, 5.74) is 46.8. The maximum atomic E-state index is 15.1. The van der Waals surface area contributed by atoms with Crippen molar-refractivity contribution in [3.05, 3.63) is 0 Å². The number of hydrogen-bond donors (Lipinski definition) is 24. The topological polar surface area (TPSA) is 643 Å². The van der Waals surface area contributed by atoms with Gasteiger partial charge in [-0.15, -0.1) is 0 Å². The first kappa shape index (κ1) is 115. The van der Waals surface area contributed by atoms with Crippen molar-refractivity contribution in [2.45, 2.75) is 383 Å². The molecule has 8 aliphatic carbocycles. The summed E-state index contributed by atoms with van der Waals surface area (Å²) < 4.78 is 0. The fourth-order valence-electron chi connectivity index (χ4n) is 26.5. The molecule has 32 N–H and O–H groups in total. The van der Waals surface area contributed by atoms with Gasteiger partial charge >= 0.3 is 0 Å². The van der Waals surface area contributed by atoms with Gasteiger partial charge in [-0.05, 0) is 350 Å². The Balaban J connectivity index is 0.952. The number of unbranched alkanes of at least 4 members (excludes halogenated alkanes) is 7. The molecule has 0 aromatic carbocycles. The van der Waals surface area contributed by atoms with Crippen molar-refractivity contribution < 1.29 is 88.8 Å². The Hall–Kier alpha value is -5.94. The van der Waals surface area contributed by atoms with Crippen LogP contribution in [0.1, 0.15) is 298 Å². The number of hydrogen-bond acceptors (Lipinski definition) is 26. The lowest BCUT2D eigenvalue weighted by molar-refractivity contribution is -0.207. The maximum absolute atomic E-state index is 15.1. The number of carbonyl (C=O) groups is 10. The SMILES string of the molecule is C[C@H](CCC(=O)NCCCN(CCCCN(CCCNC(=O)CC[C@@H](C)[C@H]1CC[C@H]2[C@@H]3[C@H](O)CC4C[C@H](O)CC[C@]4(C)[C@H]3C[C@H](O)[C@]12C)C(=O)[C@H](CO)NC(=O)[C@H](CCCCN)NC(=O)[C@@H](N)CCCCNC(=O)[C@@H](N)CCCCN)C(=O)[C@H](CO)NC(=O)[C@H](CCCCN)NC(=O)[C@@H](N)CCCCNC(=O)[C@@H](N)CCCCN)[C@H]1CC[C@H]2[C@@H]3[C@H](O)CC4C[C@H](O)CC[C@]4(C)[C@H]3C[C@H](O)[C@]12C. The predicted octanol–water partition coefficient (Wildman–Crippen LogP) is 1.51. The van der Waals surface area contributed by atoms with Crippen LogP contribution in [0.4, 0.5) is 0 Å². The van der Waals surface area contributed by atoms with Crippen LogP contribution in [-0.2, 0) is 47.9 Å². The van der Waals surface area contributed by atoms with Gasteiger partial charge in [-0.2, -0.15) is 0 Å².